The standard InChI is InChI=1S/C13H16BrNO3/c1-13(2,12(17)18-3)15-11(16)10-6-4-9(8-14)5-7-10/h4-7H,8H2,1-3H3,(H,15,16). The Kier molecular flexibility index (Phi) is 4.90. The molecule has 0 saturated carbocycles. The van der Waals surface area contributed by atoms with Crippen molar-refractivity contribution in [3.8, 4) is 0 Å². The number of carbonyl (C=O) groups is 2. The summed E-state index contributed by atoms with van der Waals surface area (Å²) >= 11 is 3.33. The molecule has 0 aliphatic rings. The van der Waals surface area contributed by atoms with Crippen molar-refractivity contribution in [1.29, 1.82) is 0 Å². The predicted octanol–water partition coefficient (Wildman–Crippen LogP) is 2.26. The summed E-state index contributed by atoms with van der Waals surface area (Å²) in [5.74, 6) is -0.778. The van der Waals surface area contributed by atoms with Crippen LogP contribution in [0, 0.1) is 0 Å². The Morgan fingerprint density at radius 1 is 1.28 bits per heavy atom. The first-order valence-electron chi connectivity index (χ1n) is 5.46. The largest absolute Gasteiger partial charge is 0.467 e. The minimum atomic E-state index is -1.04. The number of esters is 1. The molecule has 1 N–H and O–H groups in total. The van der Waals surface area contributed by atoms with Crippen LogP contribution in [0.4, 0.5) is 0 Å². The normalized spacial score (nSPS) is 10.9. The van der Waals surface area contributed by atoms with Crippen molar-refractivity contribution >= 4 is 27.8 Å². The fraction of sp³-hybridized carbons (Fsp3) is 0.385. The number of halogens is 1. The lowest BCUT2D eigenvalue weighted by Gasteiger charge is -2.23. The molecule has 1 aromatic carbocycles. The van der Waals surface area contributed by atoms with Crippen LogP contribution in [-0.4, -0.2) is 24.5 Å². The third kappa shape index (κ3) is 3.57. The predicted molar refractivity (Wildman–Crippen MR) is 72.6 cm³/mol. The molecule has 0 spiro atoms. The number of carbonyl (C=O) groups excluding carboxylic acids is 2. The highest BCUT2D eigenvalue weighted by Gasteiger charge is 2.30. The number of amides is 1. The van der Waals surface area contributed by atoms with E-state index in [1.807, 2.05) is 12.1 Å². The zero-order chi connectivity index (χ0) is 13.8. The maximum atomic E-state index is 11.9. The molecule has 1 amide bonds. The molecule has 98 valence electrons. The molecule has 0 bridgehead atoms. The molecule has 1 aromatic rings. The van der Waals surface area contributed by atoms with Gasteiger partial charge in [-0.1, -0.05) is 28.1 Å². The molecule has 5 heteroatoms. The van der Waals surface area contributed by atoms with Crippen LogP contribution in [0.25, 0.3) is 0 Å². The highest BCUT2D eigenvalue weighted by molar-refractivity contribution is 9.08. The lowest BCUT2D eigenvalue weighted by Crippen LogP contribution is -2.50. The first kappa shape index (κ1) is 14.7. The highest BCUT2D eigenvalue weighted by Crippen LogP contribution is 2.10. The van der Waals surface area contributed by atoms with E-state index in [0.29, 0.717) is 5.56 Å². The molecular formula is C13H16BrNO3. The molecule has 0 aliphatic carbocycles. The van der Waals surface area contributed by atoms with E-state index in [4.69, 9.17) is 0 Å². The molecule has 0 fully saturated rings. The van der Waals surface area contributed by atoms with Crippen LogP contribution in [0.1, 0.15) is 29.8 Å². The Labute approximate surface area is 115 Å². The topological polar surface area (TPSA) is 55.4 Å². The molecule has 0 aliphatic heterocycles. The number of ether oxygens (including phenoxy) is 1. The molecule has 0 aromatic heterocycles. The van der Waals surface area contributed by atoms with E-state index in [1.54, 1.807) is 26.0 Å². The third-order valence-corrected chi connectivity index (χ3v) is 3.14. The fourth-order valence-electron chi connectivity index (χ4n) is 1.41. The second-order valence-electron chi connectivity index (χ2n) is 4.40. The summed E-state index contributed by atoms with van der Waals surface area (Å²) in [5.41, 5.74) is 0.551. The van der Waals surface area contributed by atoms with E-state index in [9.17, 15) is 9.59 Å². The Morgan fingerprint density at radius 3 is 2.28 bits per heavy atom. The molecular weight excluding hydrogens is 298 g/mol. The van der Waals surface area contributed by atoms with Crippen LogP contribution in [0.15, 0.2) is 24.3 Å². The number of alkyl halides is 1. The van der Waals surface area contributed by atoms with E-state index in [2.05, 4.69) is 26.0 Å². The molecule has 1 rings (SSSR count). The summed E-state index contributed by atoms with van der Waals surface area (Å²) in [6, 6.07) is 7.15. The highest BCUT2D eigenvalue weighted by atomic mass is 79.9. The zero-order valence-corrected chi connectivity index (χ0v) is 12.2. The lowest BCUT2D eigenvalue weighted by atomic mass is 10.0. The van der Waals surface area contributed by atoms with Gasteiger partial charge in [0.2, 0.25) is 0 Å². The number of methoxy groups -OCH3 is 1. The molecule has 18 heavy (non-hydrogen) atoms. The van der Waals surface area contributed by atoms with Gasteiger partial charge in [0.25, 0.3) is 5.91 Å². The Hall–Kier alpha value is -1.36. The van der Waals surface area contributed by atoms with Crippen LogP contribution >= 0.6 is 15.9 Å². The van der Waals surface area contributed by atoms with Crippen LogP contribution < -0.4 is 5.32 Å². The molecule has 0 saturated heterocycles. The van der Waals surface area contributed by atoms with Gasteiger partial charge in [-0.05, 0) is 31.5 Å². The average Bonchev–Trinajstić information content (AvgIpc) is 2.37. The van der Waals surface area contributed by atoms with Crippen molar-refractivity contribution < 1.29 is 14.3 Å². The van der Waals surface area contributed by atoms with Gasteiger partial charge in [-0.2, -0.15) is 0 Å². The van der Waals surface area contributed by atoms with Crippen molar-refractivity contribution in [1.82, 2.24) is 5.32 Å². The van der Waals surface area contributed by atoms with Crippen molar-refractivity contribution in [3.63, 3.8) is 0 Å². The van der Waals surface area contributed by atoms with E-state index >= 15 is 0 Å². The quantitative estimate of drug-likeness (QED) is 0.685. The van der Waals surface area contributed by atoms with Crippen molar-refractivity contribution in [2.24, 2.45) is 0 Å². The Morgan fingerprint density at radius 2 is 1.83 bits per heavy atom. The smallest absolute Gasteiger partial charge is 0.330 e. The molecule has 0 unspecified atom stereocenters. The summed E-state index contributed by atoms with van der Waals surface area (Å²) in [6.45, 7) is 3.20. The van der Waals surface area contributed by atoms with E-state index in [-0.39, 0.29) is 5.91 Å². The average molecular weight is 314 g/mol. The van der Waals surface area contributed by atoms with Crippen molar-refractivity contribution in [2.45, 2.75) is 24.7 Å². The number of rotatable bonds is 4. The van der Waals surface area contributed by atoms with Crippen molar-refractivity contribution in [3.05, 3.63) is 35.4 Å². The van der Waals surface area contributed by atoms with Crippen LogP contribution in [0.5, 0.6) is 0 Å². The molecule has 0 radical (unpaired) electrons. The van der Waals surface area contributed by atoms with Gasteiger partial charge in [0, 0.05) is 10.9 Å². The summed E-state index contributed by atoms with van der Waals surface area (Å²) < 4.78 is 4.63. The maximum absolute atomic E-state index is 11.9. The second kappa shape index (κ2) is 6.00. The van der Waals surface area contributed by atoms with E-state index in [1.165, 1.54) is 7.11 Å². The van der Waals surface area contributed by atoms with Gasteiger partial charge in [0.05, 0.1) is 7.11 Å². The second-order valence-corrected chi connectivity index (χ2v) is 4.96. The summed E-state index contributed by atoms with van der Waals surface area (Å²) in [4.78, 5) is 23.4. The molecule has 0 atom stereocenters. The minimum Gasteiger partial charge on any atom is -0.467 e. The summed E-state index contributed by atoms with van der Waals surface area (Å²) in [5, 5.41) is 3.37. The Bertz CT molecular complexity index is 440. The van der Waals surface area contributed by atoms with Crippen LogP contribution in [0.3, 0.4) is 0 Å². The maximum Gasteiger partial charge on any atom is 0.330 e. The fourth-order valence-corrected chi connectivity index (χ4v) is 1.78. The molecule has 4 nitrogen and oxygen atoms in total. The van der Waals surface area contributed by atoms with Gasteiger partial charge in [0.1, 0.15) is 5.54 Å². The summed E-state index contributed by atoms with van der Waals surface area (Å²) in [7, 11) is 1.29. The SMILES string of the molecule is COC(=O)C(C)(C)NC(=O)c1ccc(CBr)cc1. The van der Waals surface area contributed by atoms with Gasteiger partial charge in [0.15, 0.2) is 0 Å². The van der Waals surface area contributed by atoms with E-state index in [0.717, 1.165) is 10.9 Å². The zero-order valence-electron chi connectivity index (χ0n) is 10.6. The van der Waals surface area contributed by atoms with Gasteiger partial charge < -0.3 is 10.1 Å². The van der Waals surface area contributed by atoms with Gasteiger partial charge in [-0.25, -0.2) is 4.79 Å². The minimum absolute atomic E-state index is 0.300. The van der Waals surface area contributed by atoms with Gasteiger partial charge in [-0.15, -0.1) is 0 Å². The van der Waals surface area contributed by atoms with Crippen LogP contribution in [0.2, 0.25) is 0 Å². The number of hydrogen-bond acceptors (Lipinski definition) is 3. The lowest BCUT2D eigenvalue weighted by molar-refractivity contribution is -0.146. The Balaban J connectivity index is 2.78. The van der Waals surface area contributed by atoms with Gasteiger partial charge >= 0.3 is 5.97 Å². The number of nitrogens with one attached hydrogen (secondary N) is 1. The number of hydrogen-bond donors (Lipinski definition) is 1. The molecule has 0 heterocycles. The van der Waals surface area contributed by atoms with Crippen molar-refractivity contribution in [2.75, 3.05) is 7.11 Å². The first-order valence-corrected chi connectivity index (χ1v) is 6.58. The van der Waals surface area contributed by atoms with E-state index < -0.39 is 11.5 Å². The van der Waals surface area contributed by atoms with Gasteiger partial charge in [-0.3, -0.25) is 4.79 Å². The first-order chi connectivity index (χ1) is 8.40. The number of benzene rings is 1. The third-order valence-electron chi connectivity index (χ3n) is 2.49. The van der Waals surface area contributed by atoms with Crippen LogP contribution in [-0.2, 0) is 14.9 Å². The monoisotopic (exact) mass is 313 g/mol. The summed E-state index contributed by atoms with van der Waals surface area (Å²) in [6.07, 6.45) is 0.